The molecule has 4 N–H and O–H groups in total. The highest BCUT2D eigenvalue weighted by Gasteiger charge is 2.19. The van der Waals surface area contributed by atoms with Crippen molar-refractivity contribution in [2.45, 2.75) is 20.4 Å². The van der Waals surface area contributed by atoms with Crippen LogP contribution in [0, 0.1) is 11.3 Å². The lowest BCUT2D eigenvalue weighted by molar-refractivity contribution is -0.125. The highest BCUT2D eigenvalue weighted by atomic mass is 32.1. The van der Waals surface area contributed by atoms with Gasteiger partial charge >= 0.3 is 0 Å². The molecule has 1 fully saturated rings. The topological polar surface area (TPSA) is 161 Å². The summed E-state index contributed by atoms with van der Waals surface area (Å²) in [4.78, 5) is 54.9. The van der Waals surface area contributed by atoms with Crippen molar-refractivity contribution in [2.24, 2.45) is 0 Å². The summed E-state index contributed by atoms with van der Waals surface area (Å²) in [6.07, 6.45) is 1.45. The van der Waals surface area contributed by atoms with Crippen LogP contribution in [0.3, 0.4) is 0 Å². The Morgan fingerprint density at radius 2 is 2.06 bits per heavy atom. The van der Waals surface area contributed by atoms with E-state index in [1.54, 1.807) is 36.9 Å². The van der Waals surface area contributed by atoms with E-state index in [1.807, 2.05) is 6.07 Å². The van der Waals surface area contributed by atoms with Crippen molar-refractivity contribution in [2.75, 3.05) is 43.4 Å². The van der Waals surface area contributed by atoms with Crippen LogP contribution < -0.4 is 36.0 Å². The van der Waals surface area contributed by atoms with Gasteiger partial charge in [-0.1, -0.05) is 6.07 Å². The van der Waals surface area contributed by atoms with Crippen molar-refractivity contribution >= 4 is 52.5 Å². The third-order valence-corrected chi connectivity index (χ3v) is 6.10. The maximum atomic E-state index is 12.8. The average Bonchev–Trinajstić information content (AvgIpc) is 3.13. The molecule has 1 aliphatic rings. The molecule has 0 aliphatic carbocycles. The van der Waals surface area contributed by atoms with E-state index in [2.05, 4.69) is 26.3 Å². The van der Waals surface area contributed by atoms with Gasteiger partial charge in [-0.2, -0.15) is 5.26 Å². The number of hydrogen-bond donors (Lipinski definition) is 4. The summed E-state index contributed by atoms with van der Waals surface area (Å²) in [7, 11) is 0. The highest BCUT2D eigenvalue weighted by molar-refractivity contribution is 7.07. The average molecular weight is 499 g/mol. The summed E-state index contributed by atoms with van der Waals surface area (Å²) in [6.45, 7) is 5.47. The largest absolute Gasteiger partial charge is 0.354 e. The van der Waals surface area contributed by atoms with Gasteiger partial charge in [-0.3, -0.25) is 28.6 Å². The summed E-state index contributed by atoms with van der Waals surface area (Å²) in [5.74, 6) is -0.261. The second-order valence-electron chi connectivity index (χ2n) is 7.47. The van der Waals surface area contributed by atoms with E-state index in [4.69, 9.17) is 0 Å². The highest BCUT2D eigenvalue weighted by Crippen LogP contribution is 2.09. The van der Waals surface area contributed by atoms with E-state index in [0.717, 1.165) is 11.3 Å². The first-order valence-electron chi connectivity index (χ1n) is 11.0. The molecule has 3 rings (SSSR count). The van der Waals surface area contributed by atoms with Crippen molar-refractivity contribution in [1.29, 1.82) is 5.26 Å². The van der Waals surface area contributed by atoms with E-state index < -0.39 is 5.91 Å². The van der Waals surface area contributed by atoms with Crippen LogP contribution in [0.4, 0.5) is 11.6 Å². The second kappa shape index (κ2) is 11.9. The molecule has 0 unspecified atom stereocenters. The summed E-state index contributed by atoms with van der Waals surface area (Å²) < 4.78 is 1.94. The third kappa shape index (κ3) is 6.52. The van der Waals surface area contributed by atoms with Crippen molar-refractivity contribution in [3.63, 3.8) is 0 Å². The summed E-state index contributed by atoms with van der Waals surface area (Å²) in [6, 6.07) is 6.87. The molecule has 2 aromatic heterocycles. The van der Waals surface area contributed by atoms with Crippen molar-refractivity contribution in [3.8, 4) is 6.07 Å². The van der Waals surface area contributed by atoms with Gasteiger partial charge in [0.1, 0.15) is 26.9 Å². The summed E-state index contributed by atoms with van der Waals surface area (Å²) in [5, 5.41) is 20.4. The Bertz CT molecular complexity index is 1340. The SMILES string of the molecule is CCNC(=O)/C(C#N)=c1\s/c(=C/Nc2cccc(NC(=O)CN3CCNC(=O)C3)n2)c(=O)n1CC. The number of hydrogen-bond acceptors (Lipinski definition) is 9. The van der Waals surface area contributed by atoms with E-state index in [0.29, 0.717) is 42.3 Å². The number of thiazole rings is 1. The van der Waals surface area contributed by atoms with Gasteiger partial charge in [0, 0.05) is 32.4 Å². The number of carbonyl (C=O) groups excluding carboxylic acids is 3. The number of amides is 3. The fourth-order valence-electron chi connectivity index (χ4n) is 3.37. The lowest BCUT2D eigenvalue weighted by Gasteiger charge is -2.25. The molecule has 0 atom stereocenters. The minimum Gasteiger partial charge on any atom is -0.354 e. The minimum absolute atomic E-state index is 0.0662. The van der Waals surface area contributed by atoms with Crippen LogP contribution in [0.2, 0.25) is 0 Å². The molecule has 1 aliphatic heterocycles. The molecule has 0 radical (unpaired) electrons. The standard InChI is InChI=1S/C22H26N8O4S/c1-3-24-20(33)14(10-23)22-30(4-2)21(34)15(35-22)11-26-16-6-5-7-17(27-16)28-19(32)13-29-9-8-25-18(31)12-29/h5-7,11H,3-4,8-9,12-13H2,1-2H3,(H,24,33)(H,25,31)(H2,26,27,28,32)/b15-11+,22-14-. The maximum absolute atomic E-state index is 12.8. The number of nitriles is 1. The molecule has 3 amide bonds. The zero-order valence-electron chi connectivity index (χ0n) is 19.4. The maximum Gasteiger partial charge on any atom is 0.270 e. The Labute approximate surface area is 205 Å². The predicted octanol–water partition coefficient (Wildman–Crippen LogP) is -1.64. The van der Waals surface area contributed by atoms with Gasteiger partial charge < -0.3 is 21.3 Å². The number of aromatic nitrogens is 2. The number of rotatable bonds is 8. The van der Waals surface area contributed by atoms with Gasteiger partial charge in [-0.25, -0.2) is 4.98 Å². The number of piperazine rings is 1. The number of nitrogens with one attached hydrogen (secondary N) is 4. The predicted molar refractivity (Wildman–Crippen MR) is 132 cm³/mol. The van der Waals surface area contributed by atoms with Crippen LogP contribution >= 0.6 is 11.3 Å². The number of anilines is 2. The molecule has 0 spiro atoms. The molecule has 35 heavy (non-hydrogen) atoms. The number of nitrogens with zero attached hydrogens (tertiary/aromatic N) is 4. The van der Waals surface area contributed by atoms with Gasteiger partial charge in [0.15, 0.2) is 5.57 Å². The molecule has 0 bridgehead atoms. The smallest absolute Gasteiger partial charge is 0.270 e. The van der Waals surface area contributed by atoms with Gasteiger partial charge in [0.25, 0.3) is 11.5 Å². The molecule has 1 saturated heterocycles. The lowest BCUT2D eigenvalue weighted by Crippen LogP contribution is -2.49. The molecule has 184 valence electrons. The van der Waals surface area contributed by atoms with Gasteiger partial charge in [0.05, 0.1) is 13.1 Å². The molecule has 12 nitrogen and oxygen atoms in total. The van der Waals surface area contributed by atoms with E-state index in [1.165, 1.54) is 10.8 Å². The fourth-order valence-corrected chi connectivity index (χ4v) is 4.46. The molecule has 3 heterocycles. The van der Waals surface area contributed by atoms with Crippen LogP contribution in [0.1, 0.15) is 13.8 Å². The van der Waals surface area contributed by atoms with Crippen LogP contribution in [-0.4, -0.2) is 64.9 Å². The first kappa shape index (κ1) is 25.6. The molecule has 13 heteroatoms. The normalized spacial score (nSPS) is 15.1. The van der Waals surface area contributed by atoms with Crippen molar-refractivity contribution in [3.05, 3.63) is 37.7 Å². The summed E-state index contributed by atoms with van der Waals surface area (Å²) in [5.41, 5.74) is -0.462. The molecule has 2 aromatic rings. The van der Waals surface area contributed by atoms with E-state index in [9.17, 15) is 24.4 Å². The van der Waals surface area contributed by atoms with Crippen LogP contribution in [0.25, 0.3) is 11.8 Å². The van der Waals surface area contributed by atoms with Gasteiger partial charge in [-0.05, 0) is 26.0 Å². The zero-order chi connectivity index (χ0) is 25.4. The Balaban J connectivity index is 1.79. The lowest BCUT2D eigenvalue weighted by atomic mass is 10.3. The number of carbonyl (C=O) groups is 3. The first-order valence-corrected chi connectivity index (χ1v) is 11.8. The molecule has 0 aromatic carbocycles. The molecule has 0 saturated carbocycles. The van der Waals surface area contributed by atoms with Gasteiger partial charge in [0.2, 0.25) is 11.8 Å². The summed E-state index contributed by atoms with van der Waals surface area (Å²) >= 11 is 1.03. The Morgan fingerprint density at radius 1 is 1.29 bits per heavy atom. The van der Waals surface area contributed by atoms with Crippen molar-refractivity contribution < 1.29 is 14.4 Å². The van der Waals surface area contributed by atoms with Crippen molar-refractivity contribution in [1.82, 2.24) is 25.1 Å². The fraction of sp³-hybridized carbons (Fsp3) is 0.364. The second-order valence-corrected chi connectivity index (χ2v) is 8.50. The zero-order valence-corrected chi connectivity index (χ0v) is 20.2. The first-order chi connectivity index (χ1) is 16.9. The number of pyridine rings is 1. The third-order valence-electron chi connectivity index (χ3n) is 4.97. The monoisotopic (exact) mass is 498 g/mol. The Hall–Kier alpha value is -4.02. The molecular weight excluding hydrogens is 472 g/mol. The van der Waals surface area contributed by atoms with Gasteiger partial charge in [-0.15, -0.1) is 11.3 Å². The van der Waals surface area contributed by atoms with Crippen LogP contribution in [-0.2, 0) is 20.9 Å². The van der Waals surface area contributed by atoms with Crippen LogP contribution in [0.5, 0.6) is 0 Å². The van der Waals surface area contributed by atoms with Crippen LogP contribution in [0.15, 0.2) is 23.0 Å². The quantitative estimate of drug-likeness (QED) is 0.337. The van der Waals surface area contributed by atoms with E-state index in [-0.39, 0.29) is 40.7 Å². The minimum atomic E-state index is -0.534. The Morgan fingerprint density at radius 3 is 2.74 bits per heavy atom. The molecular formula is C22H26N8O4S. The van der Waals surface area contributed by atoms with E-state index >= 15 is 0 Å². The Kier molecular flexibility index (Phi) is 8.71.